The maximum atomic E-state index is 12.3. The molecule has 9 heteroatoms. The number of benzene rings is 1. The molecule has 3 aromatic heterocycles. The van der Waals surface area contributed by atoms with E-state index in [9.17, 15) is 4.21 Å². The summed E-state index contributed by atoms with van der Waals surface area (Å²) in [6.45, 7) is 6.54. The largest absolute Gasteiger partial charge is 0.414 e. The fourth-order valence-electron chi connectivity index (χ4n) is 3.00. The maximum absolute atomic E-state index is 12.3. The molecule has 0 aliphatic heterocycles. The van der Waals surface area contributed by atoms with Crippen LogP contribution in [0.4, 0.5) is 0 Å². The van der Waals surface area contributed by atoms with Gasteiger partial charge in [0.15, 0.2) is 0 Å². The molecule has 0 radical (unpaired) electrons. The van der Waals surface area contributed by atoms with Gasteiger partial charge in [-0.15, -0.1) is 21.5 Å². The van der Waals surface area contributed by atoms with Crippen LogP contribution >= 0.6 is 11.3 Å². The molecule has 1 aromatic carbocycles. The summed E-state index contributed by atoms with van der Waals surface area (Å²) in [6.07, 6.45) is 1.72. The second-order valence-corrected chi connectivity index (χ2v) is 10.4. The standard InChI is InChI=1S/C22H23N5O2S2/c1-13(2)31(28)17-8-5-15(6-9-17)18-12-24-14(3)20(25-18)22-27-26-21(29-22)19-10-7-16(30-19)11-23-4/h5-10,12-13,23H,11H2,1-4H3. The highest BCUT2D eigenvalue weighted by Crippen LogP contribution is 2.30. The van der Waals surface area contributed by atoms with Crippen LogP contribution in [-0.4, -0.2) is 36.7 Å². The Morgan fingerprint density at radius 3 is 2.55 bits per heavy atom. The monoisotopic (exact) mass is 453 g/mol. The normalized spacial score (nSPS) is 12.4. The second kappa shape index (κ2) is 9.17. The van der Waals surface area contributed by atoms with Crippen molar-refractivity contribution >= 4 is 22.1 Å². The first kappa shape index (κ1) is 21.5. The highest BCUT2D eigenvalue weighted by molar-refractivity contribution is 7.85. The van der Waals surface area contributed by atoms with Crippen molar-refractivity contribution in [3.63, 3.8) is 0 Å². The van der Waals surface area contributed by atoms with Gasteiger partial charge in [-0.25, -0.2) is 4.98 Å². The van der Waals surface area contributed by atoms with Gasteiger partial charge in [-0.1, -0.05) is 26.0 Å². The van der Waals surface area contributed by atoms with Crippen LogP contribution in [0.2, 0.25) is 0 Å². The minimum absolute atomic E-state index is 0.0704. The third kappa shape index (κ3) is 4.63. The van der Waals surface area contributed by atoms with Gasteiger partial charge >= 0.3 is 0 Å². The summed E-state index contributed by atoms with van der Waals surface area (Å²) in [5, 5.41) is 11.6. The van der Waals surface area contributed by atoms with Gasteiger partial charge < -0.3 is 9.73 Å². The summed E-state index contributed by atoms with van der Waals surface area (Å²) in [6, 6.07) is 11.6. The highest BCUT2D eigenvalue weighted by Gasteiger charge is 2.17. The van der Waals surface area contributed by atoms with E-state index in [0.717, 1.165) is 21.9 Å². The first-order chi connectivity index (χ1) is 15.0. The van der Waals surface area contributed by atoms with Gasteiger partial charge in [-0.3, -0.25) is 9.19 Å². The summed E-state index contributed by atoms with van der Waals surface area (Å²) in [5.74, 6) is 0.803. The van der Waals surface area contributed by atoms with Gasteiger partial charge in [-0.05, 0) is 38.2 Å². The zero-order valence-electron chi connectivity index (χ0n) is 17.7. The van der Waals surface area contributed by atoms with Crippen molar-refractivity contribution in [2.24, 2.45) is 0 Å². The van der Waals surface area contributed by atoms with Gasteiger partial charge in [0.25, 0.3) is 11.8 Å². The van der Waals surface area contributed by atoms with Crippen molar-refractivity contribution in [1.29, 1.82) is 0 Å². The molecule has 0 saturated heterocycles. The lowest BCUT2D eigenvalue weighted by Gasteiger charge is -2.08. The number of aromatic nitrogens is 4. The quantitative estimate of drug-likeness (QED) is 0.441. The highest BCUT2D eigenvalue weighted by atomic mass is 32.2. The number of rotatable bonds is 7. The molecule has 0 spiro atoms. The van der Waals surface area contributed by atoms with E-state index in [2.05, 4.69) is 20.5 Å². The summed E-state index contributed by atoms with van der Waals surface area (Å²) in [5.41, 5.74) is 2.83. The third-order valence-corrected chi connectivity index (χ3v) is 7.28. The van der Waals surface area contributed by atoms with E-state index in [1.807, 2.05) is 64.2 Å². The molecule has 4 rings (SSSR count). The van der Waals surface area contributed by atoms with Gasteiger partial charge in [0, 0.05) is 27.1 Å². The summed E-state index contributed by atoms with van der Waals surface area (Å²) < 4.78 is 18.2. The third-order valence-electron chi connectivity index (χ3n) is 4.62. The van der Waals surface area contributed by atoms with Crippen molar-refractivity contribution in [2.75, 3.05) is 7.05 Å². The fraction of sp³-hybridized carbons (Fsp3) is 0.273. The molecule has 1 unspecified atom stereocenters. The molecular weight excluding hydrogens is 430 g/mol. The van der Waals surface area contributed by atoms with Crippen LogP contribution in [0.1, 0.15) is 24.4 Å². The van der Waals surface area contributed by atoms with Crippen molar-refractivity contribution in [1.82, 2.24) is 25.5 Å². The van der Waals surface area contributed by atoms with Crippen LogP contribution in [0.15, 0.2) is 51.9 Å². The van der Waals surface area contributed by atoms with E-state index in [1.54, 1.807) is 17.5 Å². The molecular formula is C22H23N5O2S2. The average Bonchev–Trinajstić information content (AvgIpc) is 3.44. The Morgan fingerprint density at radius 2 is 1.84 bits per heavy atom. The molecule has 0 saturated carbocycles. The van der Waals surface area contributed by atoms with Crippen LogP contribution < -0.4 is 5.32 Å². The van der Waals surface area contributed by atoms with Crippen molar-refractivity contribution in [2.45, 2.75) is 37.5 Å². The molecule has 0 bridgehead atoms. The molecule has 0 aliphatic carbocycles. The maximum Gasteiger partial charge on any atom is 0.268 e. The number of aryl methyl sites for hydroxylation is 1. The minimum atomic E-state index is -1.03. The zero-order valence-corrected chi connectivity index (χ0v) is 19.4. The van der Waals surface area contributed by atoms with Crippen LogP contribution in [-0.2, 0) is 17.3 Å². The lowest BCUT2D eigenvalue weighted by atomic mass is 10.1. The number of nitrogens with zero attached hydrogens (tertiary/aromatic N) is 4. The molecule has 160 valence electrons. The Balaban J connectivity index is 1.63. The van der Waals surface area contributed by atoms with E-state index < -0.39 is 10.8 Å². The van der Waals surface area contributed by atoms with Crippen LogP contribution in [0, 0.1) is 6.92 Å². The molecule has 0 fully saturated rings. The van der Waals surface area contributed by atoms with E-state index in [4.69, 9.17) is 9.40 Å². The number of thiophene rings is 1. The summed E-state index contributed by atoms with van der Waals surface area (Å²) in [4.78, 5) is 12.1. The van der Waals surface area contributed by atoms with Crippen molar-refractivity contribution < 1.29 is 8.63 Å². The summed E-state index contributed by atoms with van der Waals surface area (Å²) in [7, 11) is 0.887. The lowest BCUT2D eigenvalue weighted by Crippen LogP contribution is -2.05. The van der Waals surface area contributed by atoms with E-state index >= 15 is 0 Å². The Kier molecular flexibility index (Phi) is 6.35. The SMILES string of the molecule is CNCc1ccc(-c2nnc(-c3nc(-c4ccc(S(=O)C(C)C)cc4)cnc3C)o2)s1. The van der Waals surface area contributed by atoms with Gasteiger partial charge in [0.2, 0.25) is 0 Å². The first-order valence-corrected chi connectivity index (χ1v) is 11.9. The van der Waals surface area contributed by atoms with Gasteiger partial charge in [0.1, 0.15) is 5.69 Å². The predicted molar refractivity (Wildman–Crippen MR) is 123 cm³/mol. The number of hydrogen-bond donors (Lipinski definition) is 1. The van der Waals surface area contributed by atoms with Crippen molar-refractivity contribution in [3.05, 3.63) is 53.2 Å². The number of hydrogen-bond acceptors (Lipinski definition) is 8. The van der Waals surface area contributed by atoms with E-state index in [1.165, 1.54) is 4.88 Å². The minimum Gasteiger partial charge on any atom is -0.414 e. The van der Waals surface area contributed by atoms with E-state index in [-0.39, 0.29) is 5.25 Å². The average molecular weight is 454 g/mol. The molecule has 0 amide bonds. The number of nitrogens with one attached hydrogen (secondary N) is 1. The lowest BCUT2D eigenvalue weighted by molar-refractivity contribution is 0.582. The molecule has 0 aliphatic rings. The summed E-state index contributed by atoms with van der Waals surface area (Å²) >= 11 is 1.61. The van der Waals surface area contributed by atoms with Crippen LogP contribution in [0.3, 0.4) is 0 Å². The fourth-order valence-corrected chi connectivity index (χ4v) is 4.89. The Labute approximate surface area is 187 Å². The Morgan fingerprint density at radius 1 is 1.10 bits per heavy atom. The smallest absolute Gasteiger partial charge is 0.268 e. The van der Waals surface area contributed by atoms with Crippen LogP contribution in [0.5, 0.6) is 0 Å². The molecule has 31 heavy (non-hydrogen) atoms. The first-order valence-electron chi connectivity index (χ1n) is 9.88. The van der Waals surface area contributed by atoms with Gasteiger partial charge in [0.05, 0.1) is 33.3 Å². The topological polar surface area (TPSA) is 93.8 Å². The van der Waals surface area contributed by atoms with Crippen LogP contribution in [0.25, 0.3) is 33.6 Å². The second-order valence-electron chi connectivity index (χ2n) is 7.27. The molecule has 7 nitrogen and oxygen atoms in total. The zero-order chi connectivity index (χ0) is 22.0. The molecule has 4 aromatic rings. The Bertz CT molecular complexity index is 1210. The van der Waals surface area contributed by atoms with Crippen molar-refractivity contribution in [3.8, 4) is 33.6 Å². The molecule has 1 atom stereocenters. The predicted octanol–water partition coefficient (Wildman–Crippen LogP) is 4.47. The van der Waals surface area contributed by atoms with E-state index in [0.29, 0.717) is 28.9 Å². The van der Waals surface area contributed by atoms with Gasteiger partial charge in [-0.2, -0.15) is 0 Å². The Hall–Kier alpha value is -2.75. The molecule has 1 N–H and O–H groups in total. The molecule has 3 heterocycles.